The second-order valence-corrected chi connectivity index (χ2v) is 12.8. The molecule has 3 N–H and O–H groups in total. The molecular weight excluding hydrogens is 609 g/mol. The van der Waals surface area contributed by atoms with E-state index in [4.69, 9.17) is 4.74 Å². The van der Waals surface area contributed by atoms with E-state index in [1.54, 1.807) is 6.07 Å². The predicted octanol–water partition coefficient (Wildman–Crippen LogP) is 5.18. The van der Waals surface area contributed by atoms with Crippen molar-refractivity contribution in [3.8, 4) is 5.75 Å². The Morgan fingerprint density at radius 2 is 1.91 bits per heavy atom. The first-order chi connectivity index (χ1) is 21.5. The molecule has 2 unspecified atom stereocenters. The Bertz CT molecular complexity index is 1400. The number of hydrogen-bond acceptors (Lipinski definition) is 9. The number of carboxylic acid groups (broad SMARTS) is 1. The lowest BCUT2D eigenvalue weighted by molar-refractivity contribution is -0.142. The van der Waals surface area contributed by atoms with E-state index in [0.717, 1.165) is 36.8 Å². The van der Waals surface area contributed by atoms with Crippen LogP contribution in [-0.4, -0.2) is 76.2 Å². The summed E-state index contributed by atoms with van der Waals surface area (Å²) in [7, 11) is 0. The van der Waals surface area contributed by atoms with Gasteiger partial charge in [0.25, 0.3) is 5.91 Å². The van der Waals surface area contributed by atoms with Gasteiger partial charge in [0.05, 0.1) is 36.2 Å². The van der Waals surface area contributed by atoms with E-state index in [9.17, 15) is 27.9 Å². The summed E-state index contributed by atoms with van der Waals surface area (Å²) in [5, 5.41) is 15.4. The number of aliphatic carboxylic acids is 1. The summed E-state index contributed by atoms with van der Waals surface area (Å²) in [4.78, 5) is 38.2. The smallest absolute Gasteiger partial charge is 0.419 e. The molecular formula is C31H39F3N6O4S. The minimum absolute atomic E-state index is 0.0954. The van der Waals surface area contributed by atoms with E-state index in [1.807, 2.05) is 11.8 Å². The summed E-state index contributed by atoms with van der Waals surface area (Å²) in [5.41, 5.74) is -0.469. The highest BCUT2D eigenvalue weighted by Crippen LogP contribution is 2.41. The molecule has 1 amide bonds. The number of nitrogens with one attached hydrogen (secondary N) is 2. The number of carbonyl (C=O) groups excluding carboxylic acids is 1. The van der Waals surface area contributed by atoms with E-state index in [1.165, 1.54) is 30.2 Å². The number of piperidine rings is 2. The zero-order valence-electron chi connectivity index (χ0n) is 25.4. The molecule has 0 bridgehead atoms. The molecule has 244 valence electrons. The topological polar surface area (TPSA) is 120 Å². The average Bonchev–Trinajstić information content (AvgIpc) is 3.42. The molecule has 45 heavy (non-hydrogen) atoms. The summed E-state index contributed by atoms with van der Waals surface area (Å²) >= 11 is 1.37. The maximum atomic E-state index is 14.1. The minimum Gasteiger partial charge on any atom is -0.493 e. The summed E-state index contributed by atoms with van der Waals surface area (Å²) in [6.45, 7) is 6.68. The zero-order chi connectivity index (χ0) is 32.1. The third-order valence-corrected chi connectivity index (χ3v) is 9.53. The second-order valence-electron chi connectivity index (χ2n) is 11.6. The largest absolute Gasteiger partial charge is 0.493 e. The number of benzene rings is 1. The van der Waals surface area contributed by atoms with Crippen molar-refractivity contribution in [2.75, 3.05) is 37.7 Å². The SMILES string of the molecule is CCCOc1ccc(C2=C(CN3CCCCC3C)SC(NC(=O)c3cnc(N4CCC(C(=O)O)CC4)cn3)N2)cc1C(F)(F)F. The number of rotatable bonds is 10. The van der Waals surface area contributed by atoms with Gasteiger partial charge in [-0.2, -0.15) is 13.2 Å². The molecule has 5 rings (SSSR count). The van der Waals surface area contributed by atoms with Gasteiger partial charge in [-0.1, -0.05) is 25.1 Å². The number of amides is 1. The van der Waals surface area contributed by atoms with E-state index < -0.39 is 29.1 Å². The van der Waals surface area contributed by atoms with Crippen LogP contribution >= 0.6 is 11.8 Å². The van der Waals surface area contributed by atoms with Gasteiger partial charge in [-0.15, -0.1) is 0 Å². The molecule has 2 atom stereocenters. The molecule has 0 radical (unpaired) electrons. The van der Waals surface area contributed by atoms with Crippen LogP contribution in [0.15, 0.2) is 35.5 Å². The van der Waals surface area contributed by atoms with Gasteiger partial charge in [0.2, 0.25) is 0 Å². The maximum Gasteiger partial charge on any atom is 0.419 e. The van der Waals surface area contributed by atoms with Gasteiger partial charge < -0.3 is 25.4 Å². The number of nitrogens with zero attached hydrogens (tertiary/aromatic N) is 4. The Labute approximate surface area is 264 Å². The molecule has 3 aliphatic rings. The van der Waals surface area contributed by atoms with E-state index in [-0.39, 0.29) is 24.0 Å². The number of anilines is 1. The number of hydrogen-bond donors (Lipinski definition) is 3. The molecule has 2 saturated heterocycles. The van der Waals surface area contributed by atoms with Gasteiger partial charge in [-0.3, -0.25) is 14.5 Å². The van der Waals surface area contributed by atoms with Gasteiger partial charge >= 0.3 is 12.1 Å². The number of ether oxygens (including phenoxy) is 1. The number of carbonyl (C=O) groups is 2. The van der Waals surface area contributed by atoms with Crippen LogP contribution in [0.5, 0.6) is 5.75 Å². The van der Waals surface area contributed by atoms with Crippen molar-refractivity contribution < 1.29 is 32.6 Å². The third kappa shape index (κ3) is 8.01. The quantitative estimate of drug-likeness (QED) is 0.318. The van der Waals surface area contributed by atoms with Crippen molar-refractivity contribution in [3.05, 3.63) is 52.3 Å². The van der Waals surface area contributed by atoms with Gasteiger partial charge in [-0.25, -0.2) is 9.97 Å². The van der Waals surface area contributed by atoms with Crippen molar-refractivity contribution in [2.45, 2.75) is 70.1 Å². The Balaban J connectivity index is 1.32. The Morgan fingerprint density at radius 3 is 2.56 bits per heavy atom. The summed E-state index contributed by atoms with van der Waals surface area (Å²) in [5.74, 6) is -1.28. The van der Waals surface area contributed by atoms with E-state index in [2.05, 4.69) is 32.4 Å². The molecule has 1 aromatic carbocycles. The molecule has 0 aliphatic carbocycles. The van der Waals surface area contributed by atoms with Crippen LogP contribution in [0.2, 0.25) is 0 Å². The van der Waals surface area contributed by atoms with Crippen molar-refractivity contribution in [1.82, 2.24) is 25.5 Å². The highest BCUT2D eigenvalue weighted by Gasteiger charge is 2.37. The Kier molecular flexibility index (Phi) is 10.4. The summed E-state index contributed by atoms with van der Waals surface area (Å²) in [6.07, 6.45) is 3.13. The van der Waals surface area contributed by atoms with Crippen molar-refractivity contribution in [3.63, 3.8) is 0 Å². The lowest BCUT2D eigenvalue weighted by Crippen LogP contribution is -2.40. The number of aromatic nitrogens is 2. The highest BCUT2D eigenvalue weighted by molar-refractivity contribution is 8.04. The molecule has 3 aliphatic heterocycles. The fourth-order valence-electron chi connectivity index (χ4n) is 5.84. The first kappa shape index (κ1) is 32.9. The molecule has 1 aromatic heterocycles. The monoisotopic (exact) mass is 648 g/mol. The fourth-order valence-corrected chi connectivity index (χ4v) is 7.00. The first-order valence-electron chi connectivity index (χ1n) is 15.4. The number of halogens is 3. The van der Waals surface area contributed by atoms with Crippen LogP contribution in [-0.2, 0) is 11.0 Å². The molecule has 0 spiro atoms. The maximum absolute atomic E-state index is 14.1. The van der Waals surface area contributed by atoms with Gasteiger partial charge in [0, 0.05) is 30.6 Å². The molecule has 2 aromatic rings. The van der Waals surface area contributed by atoms with Crippen LogP contribution in [0.4, 0.5) is 19.0 Å². The van der Waals surface area contributed by atoms with Gasteiger partial charge in [-0.05, 0) is 69.3 Å². The van der Waals surface area contributed by atoms with Crippen LogP contribution in [0.1, 0.15) is 74.0 Å². The first-order valence-corrected chi connectivity index (χ1v) is 16.3. The number of carboxylic acids is 1. The lowest BCUT2D eigenvalue weighted by Gasteiger charge is -2.33. The minimum atomic E-state index is -4.60. The molecule has 0 saturated carbocycles. The van der Waals surface area contributed by atoms with Crippen LogP contribution in [0, 0.1) is 5.92 Å². The van der Waals surface area contributed by atoms with Crippen LogP contribution in [0.25, 0.3) is 5.70 Å². The van der Waals surface area contributed by atoms with E-state index >= 15 is 0 Å². The standard InChI is InChI=1S/C31H39F3N6O4S/c1-3-14-44-24-8-7-21(15-22(24)31(32,33)34)27-25(18-40-11-5-4-6-19(40)2)45-30(37-27)38-28(41)23-16-36-26(17-35-23)39-12-9-20(10-13-39)29(42)43/h7-8,15-17,19-20,30,37H,3-6,9-14,18H2,1-2H3,(H,38,41)(H,42,43). The lowest BCUT2D eigenvalue weighted by atomic mass is 9.97. The van der Waals surface area contributed by atoms with Crippen molar-refractivity contribution in [1.29, 1.82) is 0 Å². The average molecular weight is 649 g/mol. The number of thioether (sulfide) groups is 1. The number of alkyl halides is 3. The summed E-state index contributed by atoms with van der Waals surface area (Å²) < 4.78 is 47.6. The Morgan fingerprint density at radius 1 is 1.13 bits per heavy atom. The Hall–Kier alpha value is -3.52. The number of likely N-dealkylation sites (tertiary alicyclic amines) is 1. The van der Waals surface area contributed by atoms with Gasteiger partial charge in [0.15, 0.2) is 5.50 Å². The van der Waals surface area contributed by atoms with E-state index in [0.29, 0.717) is 62.0 Å². The third-order valence-electron chi connectivity index (χ3n) is 8.44. The molecule has 4 heterocycles. The van der Waals surface area contributed by atoms with Crippen LogP contribution < -0.4 is 20.3 Å². The normalized spacial score (nSPS) is 21.5. The van der Waals surface area contributed by atoms with Crippen molar-refractivity contribution >= 4 is 35.2 Å². The van der Waals surface area contributed by atoms with Crippen LogP contribution in [0.3, 0.4) is 0 Å². The van der Waals surface area contributed by atoms with Gasteiger partial charge in [0.1, 0.15) is 17.3 Å². The zero-order valence-corrected chi connectivity index (χ0v) is 26.2. The predicted molar refractivity (Wildman–Crippen MR) is 166 cm³/mol. The van der Waals surface area contributed by atoms with Crippen molar-refractivity contribution in [2.24, 2.45) is 5.92 Å². The second kappa shape index (κ2) is 14.3. The fraction of sp³-hybridized carbons (Fsp3) is 0.548. The molecule has 10 nitrogen and oxygen atoms in total. The summed E-state index contributed by atoms with van der Waals surface area (Å²) in [6, 6.07) is 4.43. The molecule has 2 fully saturated rings. The highest BCUT2D eigenvalue weighted by atomic mass is 32.2. The molecule has 14 heteroatoms.